The average molecular weight is 351 g/mol. The fourth-order valence-electron chi connectivity index (χ4n) is 3.52. The molecule has 0 spiro atoms. The van der Waals surface area contributed by atoms with Gasteiger partial charge in [0, 0.05) is 25.1 Å². The Morgan fingerprint density at radius 3 is 2.69 bits per heavy atom. The van der Waals surface area contributed by atoms with Crippen LogP contribution in [-0.2, 0) is 11.4 Å². The van der Waals surface area contributed by atoms with E-state index in [4.69, 9.17) is 4.42 Å². The molecule has 1 aromatic carbocycles. The largest absolute Gasteiger partial charge is 0.457 e. The standard InChI is InChI=1S/C20H21N3O3/c1-2-22-11-15(10-18(22)25)23-13-21-19(14-6-4-3-5-7-14)20(23)17-9-8-16(12-24)26-17/h3-9,13,15,24H,2,10-12H2,1H3/t15-/m1/s1. The van der Waals surface area contributed by atoms with Gasteiger partial charge in [0.2, 0.25) is 5.91 Å². The first-order valence-corrected chi connectivity index (χ1v) is 8.81. The average Bonchev–Trinajstić information content (AvgIpc) is 3.39. The Bertz CT molecular complexity index is 914. The van der Waals surface area contributed by atoms with Gasteiger partial charge in [-0.25, -0.2) is 4.98 Å². The second kappa shape index (κ2) is 6.80. The van der Waals surface area contributed by atoms with Gasteiger partial charge >= 0.3 is 0 Å². The number of benzene rings is 1. The van der Waals surface area contributed by atoms with Crippen LogP contribution in [0.3, 0.4) is 0 Å². The number of likely N-dealkylation sites (N-methyl/N-ethyl adjacent to an activating group) is 1. The highest BCUT2D eigenvalue weighted by molar-refractivity contribution is 5.80. The molecule has 1 aliphatic rings. The van der Waals surface area contributed by atoms with E-state index in [1.807, 2.05) is 52.8 Å². The number of furan rings is 1. The van der Waals surface area contributed by atoms with Crippen LogP contribution in [0.2, 0.25) is 0 Å². The van der Waals surface area contributed by atoms with Crippen LogP contribution in [0.4, 0.5) is 0 Å². The molecule has 134 valence electrons. The number of aliphatic hydroxyl groups is 1. The minimum absolute atomic E-state index is 0.0186. The molecular formula is C20H21N3O3. The first-order valence-electron chi connectivity index (χ1n) is 8.81. The van der Waals surface area contributed by atoms with Crippen molar-refractivity contribution >= 4 is 5.91 Å². The summed E-state index contributed by atoms with van der Waals surface area (Å²) in [6.07, 6.45) is 2.24. The molecular weight excluding hydrogens is 330 g/mol. The number of imidazole rings is 1. The third kappa shape index (κ3) is 2.82. The van der Waals surface area contributed by atoms with Crippen molar-refractivity contribution in [2.24, 2.45) is 0 Å². The zero-order chi connectivity index (χ0) is 18.1. The van der Waals surface area contributed by atoms with Crippen LogP contribution in [-0.4, -0.2) is 38.6 Å². The van der Waals surface area contributed by atoms with Crippen LogP contribution in [0.25, 0.3) is 22.7 Å². The van der Waals surface area contributed by atoms with Crippen LogP contribution in [0.15, 0.2) is 53.2 Å². The summed E-state index contributed by atoms with van der Waals surface area (Å²) in [6, 6.07) is 13.5. The van der Waals surface area contributed by atoms with Crippen molar-refractivity contribution in [1.29, 1.82) is 0 Å². The van der Waals surface area contributed by atoms with E-state index in [0.29, 0.717) is 31.0 Å². The predicted octanol–water partition coefficient (Wildman–Crippen LogP) is 3.10. The molecule has 1 saturated heterocycles. The first kappa shape index (κ1) is 16.6. The second-order valence-electron chi connectivity index (χ2n) is 6.43. The van der Waals surface area contributed by atoms with Crippen LogP contribution < -0.4 is 0 Å². The van der Waals surface area contributed by atoms with E-state index in [2.05, 4.69) is 4.98 Å². The van der Waals surface area contributed by atoms with E-state index in [1.54, 1.807) is 12.4 Å². The number of nitrogens with zero attached hydrogens (tertiary/aromatic N) is 3. The topological polar surface area (TPSA) is 71.5 Å². The van der Waals surface area contributed by atoms with Gasteiger partial charge in [0.1, 0.15) is 18.1 Å². The Labute approximate surface area is 151 Å². The lowest BCUT2D eigenvalue weighted by Gasteiger charge is -2.16. The van der Waals surface area contributed by atoms with Crippen LogP contribution in [0, 0.1) is 0 Å². The van der Waals surface area contributed by atoms with Crippen molar-refractivity contribution in [3.63, 3.8) is 0 Å². The number of amides is 1. The van der Waals surface area contributed by atoms with Gasteiger partial charge in [-0.15, -0.1) is 0 Å². The Morgan fingerprint density at radius 1 is 1.23 bits per heavy atom. The van der Waals surface area contributed by atoms with E-state index in [9.17, 15) is 9.90 Å². The molecule has 1 aliphatic heterocycles. The summed E-state index contributed by atoms with van der Waals surface area (Å²) in [5, 5.41) is 9.35. The summed E-state index contributed by atoms with van der Waals surface area (Å²) in [6.45, 7) is 3.21. The van der Waals surface area contributed by atoms with Crippen molar-refractivity contribution in [3.05, 3.63) is 54.6 Å². The van der Waals surface area contributed by atoms with Gasteiger partial charge < -0.3 is 19.0 Å². The zero-order valence-electron chi connectivity index (χ0n) is 14.6. The van der Waals surface area contributed by atoms with Crippen LogP contribution >= 0.6 is 0 Å². The number of hydrogen-bond acceptors (Lipinski definition) is 4. The minimum atomic E-state index is -0.152. The van der Waals surface area contributed by atoms with E-state index < -0.39 is 0 Å². The van der Waals surface area contributed by atoms with E-state index in [1.165, 1.54) is 0 Å². The smallest absolute Gasteiger partial charge is 0.224 e. The summed E-state index contributed by atoms with van der Waals surface area (Å²) in [5.74, 6) is 1.31. The summed E-state index contributed by atoms with van der Waals surface area (Å²) >= 11 is 0. The summed E-state index contributed by atoms with van der Waals surface area (Å²) in [4.78, 5) is 18.7. The number of aliphatic hydroxyl groups excluding tert-OH is 1. The Morgan fingerprint density at radius 2 is 2.04 bits per heavy atom. The Hall–Kier alpha value is -2.86. The molecule has 6 nitrogen and oxygen atoms in total. The maximum absolute atomic E-state index is 12.2. The molecule has 2 aromatic heterocycles. The lowest BCUT2D eigenvalue weighted by molar-refractivity contribution is -0.127. The molecule has 0 unspecified atom stereocenters. The highest BCUT2D eigenvalue weighted by Crippen LogP contribution is 2.36. The highest BCUT2D eigenvalue weighted by atomic mass is 16.4. The predicted molar refractivity (Wildman–Crippen MR) is 97.2 cm³/mol. The molecule has 26 heavy (non-hydrogen) atoms. The zero-order valence-corrected chi connectivity index (χ0v) is 14.6. The normalized spacial score (nSPS) is 17.2. The molecule has 1 N–H and O–H groups in total. The monoisotopic (exact) mass is 351 g/mol. The van der Waals surface area contributed by atoms with Gasteiger partial charge in [-0.05, 0) is 19.1 Å². The first-order chi connectivity index (χ1) is 12.7. The van der Waals surface area contributed by atoms with Crippen molar-refractivity contribution in [2.75, 3.05) is 13.1 Å². The van der Waals surface area contributed by atoms with Gasteiger partial charge in [-0.3, -0.25) is 4.79 Å². The number of aromatic nitrogens is 2. The highest BCUT2D eigenvalue weighted by Gasteiger charge is 2.32. The second-order valence-corrected chi connectivity index (χ2v) is 6.43. The van der Waals surface area contributed by atoms with Crippen LogP contribution in [0.1, 0.15) is 25.1 Å². The summed E-state index contributed by atoms with van der Waals surface area (Å²) < 4.78 is 7.85. The fraction of sp³-hybridized carbons (Fsp3) is 0.300. The van der Waals surface area contributed by atoms with E-state index in [-0.39, 0.29) is 18.6 Å². The SMILES string of the molecule is CCN1C[C@H](n2cnc(-c3ccccc3)c2-c2ccc(CO)o2)CC1=O. The van der Waals surface area contributed by atoms with E-state index >= 15 is 0 Å². The van der Waals surface area contributed by atoms with Gasteiger partial charge in [0.15, 0.2) is 5.76 Å². The number of rotatable bonds is 5. The number of carbonyl (C=O) groups excluding carboxylic acids is 1. The van der Waals surface area contributed by atoms with Crippen molar-refractivity contribution < 1.29 is 14.3 Å². The molecule has 0 saturated carbocycles. The fourth-order valence-corrected chi connectivity index (χ4v) is 3.52. The maximum Gasteiger partial charge on any atom is 0.224 e. The maximum atomic E-state index is 12.2. The molecule has 1 fully saturated rings. The van der Waals surface area contributed by atoms with Crippen LogP contribution in [0.5, 0.6) is 0 Å². The summed E-state index contributed by atoms with van der Waals surface area (Å²) in [7, 11) is 0. The minimum Gasteiger partial charge on any atom is -0.457 e. The number of likely N-dealkylation sites (tertiary alicyclic amines) is 1. The van der Waals surface area contributed by atoms with Gasteiger partial charge in [0.25, 0.3) is 0 Å². The van der Waals surface area contributed by atoms with Crippen molar-refractivity contribution in [2.45, 2.75) is 26.0 Å². The lowest BCUT2D eigenvalue weighted by Crippen LogP contribution is -2.24. The molecule has 1 atom stereocenters. The molecule has 1 amide bonds. The van der Waals surface area contributed by atoms with Crippen molar-refractivity contribution in [1.82, 2.24) is 14.5 Å². The van der Waals surface area contributed by atoms with Gasteiger partial charge in [0.05, 0.1) is 18.1 Å². The van der Waals surface area contributed by atoms with E-state index in [0.717, 1.165) is 17.0 Å². The third-order valence-corrected chi connectivity index (χ3v) is 4.86. The van der Waals surface area contributed by atoms with Crippen molar-refractivity contribution in [3.8, 4) is 22.7 Å². The molecule has 4 rings (SSSR count). The quantitative estimate of drug-likeness (QED) is 0.767. The van der Waals surface area contributed by atoms with Gasteiger partial charge in [-0.2, -0.15) is 0 Å². The molecule has 6 heteroatoms. The molecule has 3 aromatic rings. The molecule has 0 aliphatic carbocycles. The number of carbonyl (C=O) groups is 1. The number of hydrogen-bond donors (Lipinski definition) is 1. The van der Waals surface area contributed by atoms with Gasteiger partial charge in [-0.1, -0.05) is 30.3 Å². The molecule has 0 bridgehead atoms. The third-order valence-electron chi connectivity index (χ3n) is 4.86. The molecule has 0 radical (unpaired) electrons. The Balaban J connectivity index is 1.82. The summed E-state index contributed by atoms with van der Waals surface area (Å²) in [5.41, 5.74) is 2.64. The lowest BCUT2D eigenvalue weighted by atomic mass is 10.1. The molecule has 3 heterocycles. The Kier molecular flexibility index (Phi) is 4.34.